The first kappa shape index (κ1) is 20.1. The third-order valence-electron chi connectivity index (χ3n) is 5.50. The van der Waals surface area contributed by atoms with Crippen molar-refractivity contribution in [1.82, 2.24) is 14.8 Å². The van der Waals surface area contributed by atoms with E-state index in [1.54, 1.807) is 0 Å². The van der Waals surface area contributed by atoms with Crippen molar-refractivity contribution in [3.8, 4) is 0 Å². The van der Waals surface area contributed by atoms with Crippen LogP contribution in [0.3, 0.4) is 0 Å². The number of aromatic nitrogens is 1. The highest BCUT2D eigenvalue weighted by Gasteiger charge is 2.26. The summed E-state index contributed by atoms with van der Waals surface area (Å²) in [6.45, 7) is 11.7. The lowest BCUT2D eigenvalue weighted by Crippen LogP contribution is -2.50. The van der Waals surface area contributed by atoms with E-state index in [0.29, 0.717) is 18.9 Å². The minimum Gasteiger partial charge on any atom is -0.378 e. The fourth-order valence-corrected chi connectivity index (χ4v) is 4.05. The maximum atomic E-state index is 12.4. The van der Waals surface area contributed by atoms with Gasteiger partial charge in [0.1, 0.15) is 5.82 Å². The van der Waals surface area contributed by atoms with Crippen LogP contribution in [0.4, 0.5) is 5.82 Å². The van der Waals surface area contributed by atoms with E-state index in [1.165, 1.54) is 6.42 Å². The number of likely N-dealkylation sites (tertiary alicyclic amines) is 1. The van der Waals surface area contributed by atoms with Crippen LogP contribution in [-0.4, -0.2) is 79.2 Å². The number of carbonyl (C=O) groups excluding carboxylic acids is 1. The molecule has 0 saturated carbocycles. The van der Waals surface area contributed by atoms with Crippen molar-refractivity contribution in [3.05, 3.63) is 24.4 Å². The first-order chi connectivity index (χ1) is 13.1. The van der Waals surface area contributed by atoms with Crippen LogP contribution in [0.15, 0.2) is 24.4 Å². The van der Waals surface area contributed by atoms with E-state index in [2.05, 4.69) is 31.8 Å². The number of amides is 1. The summed E-state index contributed by atoms with van der Waals surface area (Å²) in [6, 6.07) is 6.10. The van der Waals surface area contributed by atoms with Crippen molar-refractivity contribution in [1.29, 1.82) is 0 Å². The molecule has 150 valence electrons. The van der Waals surface area contributed by atoms with E-state index >= 15 is 0 Å². The minimum atomic E-state index is 0.191. The van der Waals surface area contributed by atoms with Gasteiger partial charge in [0.15, 0.2) is 0 Å². The Morgan fingerprint density at radius 1 is 1.22 bits per heavy atom. The Kier molecular flexibility index (Phi) is 7.47. The molecule has 0 aliphatic carbocycles. The standard InChI is InChI=1S/C21H34N4O2/c1-18(2)27-15-8-21(26)25-10-5-6-19(17-25)16-23-11-13-24(14-12-23)20-7-3-4-9-22-20/h3-4,7,9,18-19H,5-6,8,10-17H2,1-2H3/t19-/m1/s1. The molecule has 1 atom stereocenters. The summed E-state index contributed by atoms with van der Waals surface area (Å²) >= 11 is 0. The average molecular weight is 375 g/mol. The molecule has 1 aromatic rings. The van der Waals surface area contributed by atoms with Crippen molar-refractivity contribution in [2.75, 3.05) is 57.3 Å². The van der Waals surface area contributed by atoms with Crippen LogP contribution in [-0.2, 0) is 9.53 Å². The quantitative estimate of drug-likeness (QED) is 0.733. The van der Waals surface area contributed by atoms with Gasteiger partial charge in [-0.1, -0.05) is 6.07 Å². The number of rotatable bonds is 7. The highest BCUT2D eigenvalue weighted by Crippen LogP contribution is 2.20. The van der Waals surface area contributed by atoms with E-state index in [9.17, 15) is 4.79 Å². The second-order valence-corrected chi connectivity index (χ2v) is 7.99. The molecule has 2 fully saturated rings. The summed E-state index contributed by atoms with van der Waals surface area (Å²) in [5.74, 6) is 1.92. The molecule has 6 nitrogen and oxygen atoms in total. The fourth-order valence-electron chi connectivity index (χ4n) is 4.05. The molecule has 0 unspecified atom stereocenters. The lowest BCUT2D eigenvalue weighted by atomic mass is 9.97. The Bertz CT molecular complexity index is 573. The molecule has 0 aromatic carbocycles. The Balaban J connectivity index is 1.40. The second-order valence-electron chi connectivity index (χ2n) is 7.99. The summed E-state index contributed by atoms with van der Waals surface area (Å²) in [4.78, 5) is 23.9. The van der Waals surface area contributed by atoms with Crippen molar-refractivity contribution >= 4 is 11.7 Å². The van der Waals surface area contributed by atoms with E-state index in [-0.39, 0.29) is 12.0 Å². The zero-order valence-corrected chi connectivity index (χ0v) is 16.8. The van der Waals surface area contributed by atoms with Crippen LogP contribution in [0.25, 0.3) is 0 Å². The summed E-state index contributed by atoms with van der Waals surface area (Å²) in [5.41, 5.74) is 0. The van der Waals surface area contributed by atoms with Gasteiger partial charge in [-0.15, -0.1) is 0 Å². The number of anilines is 1. The summed E-state index contributed by atoms with van der Waals surface area (Å²) in [6.07, 6.45) is 4.91. The first-order valence-electron chi connectivity index (χ1n) is 10.4. The SMILES string of the molecule is CC(C)OCCC(=O)N1CCC[C@H](CN2CCN(c3ccccn3)CC2)C1. The number of ether oxygens (including phenoxy) is 1. The maximum Gasteiger partial charge on any atom is 0.224 e. The Labute approximate surface area is 163 Å². The highest BCUT2D eigenvalue weighted by atomic mass is 16.5. The third-order valence-corrected chi connectivity index (χ3v) is 5.50. The van der Waals surface area contributed by atoms with Gasteiger partial charge in [-0.05, 0) is 44.7 Å². The first-order valence-corrected chi connectivity index (χ1v) is 10.4. The van der Waals surface area contributed by atoms with Gasteiger partial charge >= 0.3 is 0 Å². The van der Waals surface area contributed by atoms with Gasteiger partial charge in [-0.3, -0.25) is 9.69 Å². The van der Waals surface area contributed by atoms with Crippen LogP contribution in [0, 0.1) is 5.92 Å². The molecular weight excluding hydrogens is 340 g/mol. The molecule has 0 radical (unpaired) electrons. The molecule has 1 amide bonds. The number of pyridine rings is 1. The van der Waals surface area contributed by atoms with Gasteiger partial charge in [0, 0.05) is 52.0 Å². The molecule has 2 aliphatic rings. The maximum absolute atomic E-state index is 12.4. The van der Waals surface area contributed by atoms with Gasteiger partial charge in [0.05, 0.1) is 19.1 Å². The van der Waals surface area contributed by atoms with E-state index in [0.717, 1.165) is 58.1 Å². The van der Waals surface area contributed by atoms with E-state index < -0.39 is 0 Å². The highest BCUT2D eigenvalue weighted by molar-refractivity contribution is 5.76. The van der Waals surface area contributed by atoms with Crippen LogP contribution in [0.5, 0.6) is 0 Å². The van der Waals surface area contributed by atoms with Crippen molar-refractivity contribution in [2.45, 2.75) is 39.2 Å². The van der Waals surface area contributed by atoms with Crippen molar-refractivity contribution in [2.24, 2.45) is 5.92 Å². The van der Waals surface area contributed by atoms with E-state index in [1.807, 2.05) is 26.1 Å². The van der Waals surface area contributed by atoms with Gasteiger partial charge in [0.25, 0.3) is 0 Å². The third kappa shape index (κ3) is 6.18. The average Bonchev–Trinajstić information content (AvgIpc) is 2.69. The Morgan fingerprint density at radius 2 is 2.04 bits per heavy atom. The molecule has 0 spiro atoms. The van der Waals surface area contributed by atoms with Crippen molar-refractivity contribution < 1.29 is 9.53 Å². The Morgan fingerprint density at radius 3 is 2.74 bits per heavy atom. The number of hydrogen-bond acceptors (Lipinski definition) is 5. The normalized spacial score (nSPS) is 21.7. The van der Waals surface area contributed by atoms with Gasteiger partial charge in [-0.25, -0.2) is 4.98 Å². The fraction of sp³-hybridized carbons (Fsp3) is 0.714. The monoisotopic (exact) mass is 374 g/mol. The zero-order valence-electron chi connectivity index (χ0n) is 16.8. The lowest BCUT2D eigenvalue weighted by Gasteiger charge is -2.39. The molecule has 6 heteroatoms. The second kappa shape index (κ2) is 10.0. The molecule has 3 heterocycles. The summed E-state index contributed by atoms with van der Waals surface area (Å²) < 4.78 is 5.53. The molecule has 3 rings (SSSR count). The molecule has 1 aromatic heterocycles. The zero-order chi connectivity index (χ0) is 19.1. The van der Waals surface area contributed by atoms with Crippen LogP contribution < -0.4 is 4.90 Å². The van der Waals surface area contributed by atoms with Gasteiger partial charge < -0.3 is 14.5 Å². The minimum absolute atomic E-state index is 0.191. The summed E-state index contributed by atoms with van der Waals surface area (Å²) in [7, 11) is 0. The lowest BCUT2D eigenvalue weighted by molar-refractivity contribution is -0.134. The number of nitrogens with zero attached hydrogens (tertiary/aromatic N) is 4. The summed E-state index contributed by atoms with van der Waals surface area (Å²) in [5, 5.41) is 0. The molecule has 2 saturated heterocycles. The topological polar surface area (TPSA) is 48.9 Å². The van der Waals surface area contributed by atoms with Crippen molar-refractivity contribution in [3.63, 3.8) is 0 Å². The van der Waals surface area contributed by atoms with Crippen LogP contribution >= 0.6 is 0 Å². The smallest absolute Gasteiger partial charge is 0.224 e. The molecule has 2 aliphatic heterocycles. The number of carbonyl (C=O) groups is 1. The van der Waals surface area contributed by atoms with Crippen LogP contribution in [0.1, 0.15) is 33.1 Å². The molecule has 0 bridgehead atoms. The van der Waals surface area contributed by atoms with Crippen LogP contribution in [0.2, 0.25) is 0 Å². The number of hydrogen-bond donors (Lipinski definition) is 0. The molecule has 27 heavy (non-hydrogen) atoms. The number of piperidine rings is 1. The number of piperazine rings is 1. The molecule has 0 N–H and O–H groups in total. The predicted molar refractivity (Wildman–Crippen MR) is 108 cm³/mol. The molecular formula is C21H34N4O2. The van der Waals surface area contributed by atoms with E-state index in [4.69, 9.17) is 4.74 Å². The van der Waals surface area contributed by atoms with Gasteiger partial charge in [-0.2, -0.15) is 0 Å². The van der Waals surface area contributed by atoms with Gasteiger partial charge in [0.2, 0.25) is 5.91 Å². The largest absolute Gasteiger partial charge is 0.378 e. The Hall–Kier alpha value is -1.66. The predicted octanol–water partition coefficient (Wildman–Crippen LogP) is 2.26.